The first kappa shape index (κ1) is 28.2. The zero-order valence-electron chi connectivity index (χ0n) is 20.2. The summed E-state index contributed by atoms with van der Waals surface area (Å²) in [6.07, 6.45) is -2.26. The molecule has 0 unspecified atom stereocenters. The van der Waals surface area contributed by atoms with Crippen LogP contribution in [-0.4, -0.2) is 50.3 Å². The van der Waals surface area contributed by atoms with Gasteiger partial charge in [-0.2, -0.15) is 13.2 Å². The summed E-state index contributed by atoms with van der Waals surface area (Å²) in [5.41, 5.74) is 0.635. The Morgan fingerprint density at radius 1 is 0.946 bits per heavy atom. The minimum Gasteiger partial charge on any atom is -0.494 e. The van der Waals surface area contributed by atoms with E-state index in [4.69, 9.17) is 4.74 Å². The Labute approximate surface area is 214 Å². The highest BCUT2D eigenvalue weighted by molar-refractivity contribution is 7.90. The van der Waals surface area contributed by atoms with Crippen LogP contribution in [0.15, 0.2) is 77.7 Å². The minimum atomic E-state index is -4.42. The van der Waals surface area contributed by atoms with E-state index in [0.717, 1.165) is 30.4 Å². The van der Waals surface area contributed by atoms with Crippen LogP contribution in [0.2, 0.25) is 0 Å². The number of hydrogen-bond acceptors (Lipinski definition) is 5. The van der Waals surface area contributed by atoms with Gasteiger partial charge in [0.05, 0.1) is 22.6 Å². The van der Waals surface area contributed by atoms with Crippen LogP contribution in [0, 0.1) is 0 Å². The second kappa shape index (κ2) is 12.2. The van der Waals surface area contributed by atoms with Crippen molar-refractivity contribution in [2.24, 2.45) is 0 Å². The molecule has 6 nitrogen and oxygen atoms in total. The topological polar surface area (TPSA) is 83.9 Å². The molecule has 0 atom stereocenters. The molecule has 0 saturated heterocycles. The quantitative estimate of drug-likeness (QED) is 0.316. The van der Waals surface area contributed by atoms with Crippen LogP contribution in [0.5, 0.6) is 5.75 Å². The Hall–Kier alpha value is -3.37. The maximum Gasteiger partial charge on any atom is 0.416 e. The molecule has 3 aromatic carbocycles. The van der Waals surface area contributed by atoms with Crippen molar-refractivity contribution in [1.82, 2.24) is 4.90 Å². The molecule has 0 aliphatic carbocycles. The molecule has 0 fully saturated rings. The van der Waals surface area contributed by atoms with Crippen LogP contribution in [0.1, 0.15) is 33.5 Å². The number of sulfone groups is 1. The third kappa shape index (κ3) is 8.61. The van der Waals surface area contributed by atoms with Gasteiger partial charge in [0.15, 0.2) is 9.84 Å². The summed E-state index contributed by atoms with van der Waals surface area (Å²) in [4.78, 5) is 13.0. The van der Waals surface area contributed by atoms with Gasteiger partial charge < -0.3 is 9.84 Å². The Morgan fingerprint density at radius 3 is 2.30 bits per heavy atom. The van der Waals surface area contributed by atoms with Gasteiger partial charge in [0.2, 0.25) is 0 Å². The predicted molar refractivity (Wildman–Crippen MR) is 133 cm³/mol. The molecule has 0 aromatic heterocycles. The van der Waals surface area contributed by atoms with Gasteiger partial charge in [-0.3, -0.25) is 4.90 Å². The van der Waals surface area contributed by atoms with E-state index >= 15 is 0 Å². The molecular formula is C27H28F3NO5S. The maximum absolute atomic E-state index is 13.2. The number of carboxylic acid groups (broad SMARTS) is 1. The van der Waals surface area contributed by atoms with Crippen LogP contribution in [0.25, 0.3) is 0 Å². The molecule has 0 aliphatic heterocycles. The first-order valence-corrected chi connectivity index (χ1v) is 13.5. The highest BCUT2D eigenvalue weighted by Crippen LogP contribution is 2.30. The summed E-state index contributed by atoms with van der Waals surface area (Å²) in [6, 6.07) is 18.8. The highest BCUT2D eigenvalue weighted by atomic mass is 32.2. The standard InChI is InChI=1S/C27H28F3NO5S/c1-37(34,35)25-18-23(11-12-24(25)26(32)33)36-16-6-14-31(15-13-20-7-3-2-4-8-20)19-21-9-5-10-22(17-21)27(28,29)30/h2-5,7-12,17-18H,6,13-16,19H2,1H3,(H,32,33). The van der Waals surface area contributed by atoms with Crippen molar-refractivity contribution in [1.29, 1.82) is 0 Å². The molecule has 37 heavy (non-hydrogen) atoms. The van der Waals surface area contributed by atoms with Gasteiger partial charge in [-0.15, -0.1) is 0 Å². The van der Waals surface area contributed by atoms with Gasteiger partial charge in [-0.25, -0.2) is 13.2 Å². The Morgan fingerprint density at radius 2 is 1.65 bits per heavy atom. The van der Waals surface area contributed by atoms with Crippen molar-refractivity contribution in [3.05, 3.63) is 95.1 Å². The molecule has 0 saturated carbocycles. The van der Waals surface area contributed by atoms with E-state index in [1.165, 1.54) is 24.3 Å². The number of halogens is 3. The van der Waals surface area contributed by atoms with E-state index in [1.54, 1.807) is 6.07 Å². The fourth-order valence-corrected chi connectivity index (χ4v) is 4.75. The molecule has 1 N–H and O–H groups in total. The fourth-order valence-electron chi connectivity index (χ4n) is 3.86. The van der Waals surface area contributed by atoms with Crippen LogP contribution >= 0.6 is 0 Å². The Bertz CT molecular complexity index is 1310. The van der Waals surface area contributed by atoms with E-state index in [-0.39, 0.29) is 22.8 Å². The van der Waals surface area contributed by atoms with Crippen molar-refractivity contribution in [2.45, 2.75) is 30.5 Å². The molecule has 0 spiro atoms. The number of carbonyl (C=O) groups is 1. The smallest absolute Gasteiger partial charge is 0.416 e. The number of ether oxygens (including phenoxy) is 1. The number of nitrogens with zero attached hydrogens (tertiary/aromatic N) is 1. The lowest BCUT2D eigenvalue weighted by molar-refractivity contribution is -0.137. The van der Waals surface area contributed by atoms with Gasteiger partial charge in [0.1, 0.15) is 5.75 Å². The molecule has 0 bridgehead atoms. The number of carboxylic acids is 1. The van der Waals surface area contributed by atoms with Crippen LogP contribution in [-0.2, 0) is 29.0 Å². The summed E-state index contributed by atoms with van der Waals surface area (Å²) in [7, 11) is -3.78. The van der Waals surface area contributed by atoms with Crippen molar-refractivity contribution in [3.63, 3.8) is 0 Å². The molecule has 10 heteroatoms. The monoisotopic (exact) mass is 535 g/mol. The van der Waals surface area contributed by atoms with Crippen molar-refractivity contribution >= 4 is 15.8 Å². The van der Waals surface area contributed by atoms with Gasteiger partial charge in [0.25, 0.3) is 0 Å². The lowest BCUT2D eigenvalue weighted by atomic mass is 10.1. The number of aromatic carboxylic acids is 1. The first-order valence-electron chi connectivity index (χ1n) is 11.6. The maximum atomic E-state index is 13.2. The normalized spacial score (nSPS) is 12.0. The number of benzene rings is 3. The summed E-state index contributed by atoms with van der Waals surface area (Å²) in [5, 5.41) is 9.24. The van der Waals surface area contributed by atoms with E-state index in [1.807, 2.05) is 35.2 Å². The largest absolute Gasteiger partial charge is 0.494 e. The summed E-state index contributed by atoms with van der Waals surface area (Å²) in [6.45, 7) is 1.67. The molecule has 3 aromatic rings. The number of alkyl halides is 3. The van der Waals surface area contributed by atoms with E-state index in [2.05, 4.69) is 0 Å². The van der Waals surface area contributed by atoms with Crippen molar-refractivity contribution < 1.29 is 36.2 Å². The average molecular weight is 536 g/mol. The summed E-state index contributed by atoms with van der Waals surface area (Å²) < 4.78 is 69.1. The van der Waals surface area contributed by atoms with Crippen molar-refractivity contribution in [2.75, 3.05) is 26.0 Å². The third-order valence-electron chi connectivity index (χ3n) is 5.69. The van der Waals surface area contributed by atoms with Gasteiger partial charge in [-0.05, 0) is 48.2 Å². The first-order chi connectivity index (χ1) is 17.4. The molecular weight excluding hydrogens is 507 g/mol. The second-order valence-corrected chi connectivity index (χ2v) is 10.6. The number of rotatable bonds is 12. The second-order valence-electron chi connectivity index (χ2n) is 8.65. The summed E-state index contributed by atoms with van der Waals surface area (Å²) in [5.74, 6) is -1.13. The fraction of sp³-hybridized carbons (Fsp3) is 0.296. The zero-order valence-corrected chi connectivity index (χ0v) is 21.1. The van der Waals surface area contributed by atoms with Gasteiger partial charge >= 0.3 is 12.1 Å². The third-order valence-corrected chi connectivity index (χ3v) is 6.83. The molecule has 3 rings (SSSR count). The SMILES string of the molecule is CS(=O)(=O)c1cc(OCCCN(CCc2ccccc2)Cc2cccc(C(F)(F)F)c2)ccc1C(=O)O. The molecule has 0 heterocycles. The van der Waals surface area contributed by atoms with Crippen molar-refractivity contribution in [3.8, 4) is 5.75 Å². The van der Waals surface area contributed by atoms with Gasteiger partial charge in [-0.1, -0.05) is 48.5 Å². The van der Waals surface area contributed by atoms with Gasteiger partial charge in [0, 0.05) is 25.9 Å². The lowest BCUT2D eigenvalue weighted by Crippen LogP contribution is -2.28. The lowest BCUT2D eigenvalue weighted by Gasteiger charge is -2.23. The molecule has 198 valence electrons. The Balaban J connectivity index is 1.66. The van der Waals surface area contributed by atoms with Crippen LogP contribution in [0.4, 0.5) is 13.2 Å². The Kier molecular flexibility index (Phi) is 9.34. The molecule has 0 amide bonds. The minimum absolute atomic E-state index is 0.208. The zero-order chi connectivity index (χ0) is 27.1. The average Bonchev–Trinajstić information content (AvgIpc) is 2.84. The van der Waals surface area contributed by atoms with Crippen LogP contribution in [0.3, 0.4) is 0 Å². The van der Waals surface area contributed by atoms with E-state index < -0.39 is 27.5 Å². The van der Waals surface area contributed by atoms with Crippen LogP contribution < -0.4 is 4.74 Å². The van der Waals surface area contributed by atoms with E-state index in [9.17, 15) is 31.5 Å². The number of hydrogen-bond donors (Lipinski definition) is 1. The highest BCUT2D eigenvalue weighted by Gasteiger charge is 2.30. The summed E-state index contributed by atoms with van der Waals surface area (Å²) >= 11 is 0. The van der Waals surface area contributed by atoms with E-state index in [0.29, 0.717) is 31.6 Å². The predicted octanol–water partition coefficient (Wildman–Crippen LogP) is 5.32. The molecule has 0 radical (unpaired) electrons. The molecule has 0 aliphatic rings.